The summed E-state index contributed by atoms with van der Waals surface area (Å²) in [4.78, 5) is 15.7. The molecule has 0 saturated heterocycles. The zero-order chi connectivity index (χ0) is 12.7. The summed E-state index contributed by atoms with van der Waals surface area (Å²) in [5.41, 5.74) is 6.51. The predicted molar refractivity (Wildman–Crippen MR) is 79.1 cm³/mol. The molecule has 0 aliphatic rings. The number of amides is 1. The van der Waals surface area contributed by atoms with Crippen molar-refractivity contribution < 1.29 is 10.3 Å². The van der Waals surface area contributed by atoms with Gasteiger partial charge in [-0.25, -0.2) is 4.98 Å². The smallest absolute Gasteiger partial charge is 0.254 e. The van der Waals surface area contributed by atoms with E-state index in [0.29, 0.717) is 25.2 Å². The number of aryl methyl sites for hydroxylation is 1. The highest BCUT2D eigenvalue weighted by Crippen LogP contribution is 2.12. The van der Waals surface area contributed by atoms with Crippen molar-refractivity contribution in [1.82, 2.24) is 15.6 Å². The Bertz CT molecular complexity index is 391. The van der Waals surface area contributed by atoms with Crippen LogP contribution in [0.15, 0.2) is 12.1 Å². The zero-order valence-electron chi connectivity index (χ0n) is 10.7. The van der Waals surface area contributed by atoms with Gasteiger partial charge in [0.2, 0.25) is 0 Å². The molecule has 0 aliphatic carbocycles. The van der Waals surface area contributed by atoms with Crippen molar-refractivity contribution in [3.05, 3.63) is 28.5 Å². The Hall–Kier alpha value is -0.920. The van der Waals surface area contributed by atoms with Crippen LogP contribution in [0, 0.1) is 6.92 Å². The summed E-state index contributed by atoms with van der Waals surface area (Å²) >= 11 is 5.88. The van der Waals surface area contributed by atoms with Crippen molar-refractivity contribution in [2.24, 2.45) is 5.73 Å². The van der Waals surface area contributed by atoms with Crippen LogP contribution in [0.1, 0.15) is 16.1 Å². The number of nitrogens with two attached hydrogens (primary N) is 1. The van der Waals surface area contributed by atoms with Gasteiger partial charge in [0.25, 0.3) is 5.91 Å². The standard InChI is InChI=1S/C11H17ClN4O.ClH.H2O/c1-8-2-3-9(10(12)16-8)11(17)15-7-6-14-5-4-13;;/h2-3,14H,4-7,13H2,1H3,(H,15,17);1H;1H2. The van der Waals surface area contributed by atoms with E-state index in [1.807, 2.05) is 6.92 Å². The van der Waals surface area contributed by atoms with E-state index in [1.165, 1.54) is 0 Å². The van der Waals surface area contributed by atoms with Crippen LogP contribution in [0.25, 0.3) is 0 Å². The fourth-order valence-corrected chi connectivity index (χ4v) is 1.56. The van der Waals surface area contributed by atoms with Crippen LogP contribution in [-0.4, -0.2) is 42.5 Å². The molecule has 0 fully saturated rings. The fraction of sp³-hybridized carbons (Fsp3) is 0.455. The molecule has 8 heteroatoms. The lowest BCUT2D eigenvalue weighted by Gasteiger charge is -2.07. The molecule has 0 atom stereocenters. The summed E-state index contributed by atoms with van der Waals surface area (Å²) < 4.78 is 0. The molecule has 110 valence electrons. The van der Waals surface area contributed by atoms with Gasteiger partial charge in [-0.3, -0.25) is 4.79 Å². The molecule has 0 spiro atoms. The van der Waals surface area contributed by atoms with Gasteiger partial charge in [0, 0.05) is 31.9 Å². The van der Waals surface area contributed by atoms with Crippen molar-refractivity contribution in [2.45, 2.75) is 6.92 Å². The van der Waals surface area contributed by atoms with E-state index in [-0.39, 0.29) is 28.9 Å². The molecule has 19 heavy (non-hydrogen) atoms. The number of nitrogens with zero attached hydrogens (tertiary/aromatic N) is 1. The first-order valence-corrected chi connectivity index (χ1v) is 5.85. The number of nitrogens with one attached hydrogen (secondary N) is 2. The van der Waals surface area contributed by atoms with E-state index in [1.54, 1.807) is 12.1 Å². The average Bonchev–Trinajstić information content (AvgIpc) is 2.28. The second-order valence-electron chi connectivity index (χ2n) is 3.59. The lowest BCUT2D eigenvalue weighted by Crippen LogP contribution is -2.34. The Morgan fingerprint density at radius 2 is 2.05 bits per heavy atom. The molecular formula is C11H20Cl2N4O2. The molecule has 0 bridgehead atoms. The first-order chi connectivity index (χ1) is 8.15. The predicted octanol–water partition coefficient (Wildman–Crippen LogP) is -0.0814. The molecule has 0 aromatic carbocycles. The molecule has 1 amide bonds. The number of pyridine rings is 1. The maximum atomic E-state index is 11.7. The van der Waals surface area contributed by atoms with Crippen molar-refractivity contribution in [1.29, 1.82) is 0 Å². The molecule has 0 aliphatic heterocycles. The van der Waals surface area contributed by atoms with Gasteiger partial charge in [0.05, 0.1) is 5.56 Å². The number of aromatic nitrogens is 1. The number of carbonyl (C=O) groups excluding carboxylic acids is 1. The summed E-state index contributed by atoms with van der Waals surface area (Å²) in [6.45, 7) is 4.36. The minimum atomic E-state index is -0.211. The van der Waals surface area contributed by atoms with Crippen molar-refractivity contribution in [2.75, 3.05) is 26.2 Å². The van der Waals surface area contributed by atoms with E-state index < -0.39 is 0 Å². The Balaban J connectivity index is 0. The van der Waals surface area contributed by atoms with Gasteiger partial charge in [-0.1, -0.05) is 11.6 Å². The number of carbonyl (C=O) groups is 1. The number of hydrogen-bond acceptors (Lipinski definition) is 4. The monoisotopic (exact) mass is 310 g/mol. The summed E-state index contributed by atoms with van der Waals surface area (Å²) in [6, 6.07) is 3.43. The van der Waals surface area contributed by atoms with Crippen LogP contribution in [0.4, 0.5) is 0 Å². The Morgan fingerprint density at radius 1 is 1.37 bits per heavy atom. The van der Waals surface area contributed by atoms with Crippen LogP contribution < -0.4 is 16.4 Å². The Kier molecular flexibility index (Phi) is 11.8. The van der Waals surface area contributed by atoms with Gasteiger partial charge >= 0.3 is 0 Å². The van der Waals surface area contributed by atoms with Crippen LogP contribution in [0.3, 0.4) is 0 Å². The third kappa shape index (κ3) is 7.29. The first-order valence-electron chi connectivity index (χ1n) is 5.47. The van der Waals surface area contributed by atoms with Crippen LogP contribution >= 0.6 is 24.0 Å². The summed E-state index contributed by atoms with van der Waals surface area (Å²) in [7, 11) is 0. The molecule has 0 saturated carbocycles. The van der Waals surface area contributed by atoms with Crippen molar-refractivity contribution in [3.63, 3.8) is 0 Å². The highest BCUT2D eigenvalue weighted by molar-refractivity contribution is 6.32. The molecule has 6 nitrogen and oxygen atoms in total. The lowest BCUT2D eigenvalue weighted by atomic mass is 10.2. The van der Waals surface area contributed by atoms with Gasteiger partial charge in [0.1, 0.15) is 5.15 Å². The van der Waals surface area contributed by atoms with Crippen LogP contribution in [0.2, 0.25) is 5.15 Å². The van der Waals surface area contributed by atoms with E-state index in [4.69, 9.17) is 17.3 Å². The van der Waals surface area contributed by atoms with Gasteiger partial charge < -0.3 is 21.8 Å². The normalized spacial score (nSPS) is 9.21. The summed E-state index contributed by atoms with van der Waals surface area (Å²) in [5, 5.41) is 6.06. The second kappa shape index (κ2) is 11.0. The van der Waals surface area contributed by atoms with E-state index in [2.05, 4.69) is 15.6 Å². The van der Waals surface area contributed by atoms with Crippen molar-refractivity contribution in [3.8, 4) is 0 Å². The Labute approximate surface area is 123 Å². The maximum Gasteiger partial charge on any atom is 0.254 e. The maximum absolute atomic E-state index is 11.7. The molecule has 1 rings (SSSR count). The molecular weight excluding hydrogens is 291 g/mol. The SMILES string of the molecule is Cc1ccc(C(=O)NCCNCCN)c(Cl)n1.Cl.O. The van der Waals surface area contributed by atoms with Crippen molar-refractivity contribution >= 4 is 29.9 Å². The van der Waals surface area contributed by atoms with E-state index in [0.717, 1.165) is 12.2 Å². The third-order valence-electron chi connectivity index (χ3n) is 2.14. The zero-order valence-corrected chi connectivity index (χ0v) is 12.3. The largest absolute Gasteiger partial charge is 0.412 e. The molecule has 6 N–H and O–H groups in total. The van der Waals surface area contributed by atoms with Crippen LogP contribution in [-0.2, 0) is 0 Å². The van der Waals surface area contributed by atoms with Crippen LogP contribution in [0.5, 0.6) is 0 Å². The highest BCUT2D eigenvalue weighted by atomic mass is 35.5. The second-order valence-corrected chi connectivity index (χ2v) is 3.94. The summed E-state index contributed by atoms with van der Waals surface area (Å²) in [6.07, 6.45) is 0. The summed E-state index contributed by atoms with van der Waals surface area (Å²) in [5.74, 6) is -0.211. The molecule has 1 aromatic rings. The fourth-order valence-electron chi connectivity index (χ4n) is 1.28. The topological polar surface area (TPSA) is 112 Å². The number of hydrogen-bond donors (Lipinski definition) is 3. The molecule has 0 unspecified atom stereocenters. The highest BCUT2D eigenvalue weighted by Gasteiger charge is 2.10. The minimum absolute atomic E-state index is 0. The third-order valence-corrected chi connectivity index (χ3v) is 2.43. The van der Waals surface area contributed by atoms with E-state index >= 15 is 0 Å². The lowest BCUT2D eigenvalue weighted by molar-refractivity contribution is 0.0954. The molecule has 1 aromatic heterocycles. The molecule has 1 heterocycles. The Morgan fingerprint density at radius 3 is 2.63 bits per heavy atom. The molecule has 0 radical (unpaired) electrons. The number of halogens is 2. The quantitative estimate of drug-likeness (QED) is 0.504. The van der Waals surface area contributed by atoms with E-state index in [9.17, 15) is 4.79 Å². The minimum Gasteiger partial charge on any atom is -0.412 e. The van der Waals surface area contributed by atoms with Gasteiger partial charge in [-0.05, 0) is 19.1 Å². The van der Waals surface area contributed by atoms with Gasteiger partial charge in [0.15, 0.2) is 0 Å². The first kappa shape index (κ1) is 20.4. The number of rotatable bonds is 6. The van der Waals surface area contributed by atoms with Gasteiger partial charge in [-0.2, -0.15) is 0 Å². The van der Waals surface area contributed by atoms with Gasteiger partial charge in [-0.15, -0.1) is 12.4 Å². The average molecular weight is 311 g/mol.